The number of nitrogens with zero attached hydrogens (tertiary/aromatic N) is 5. The van der Waals surface area contributed by atoms with Crippen molar-refractivity contribution in [2.24, 2.45) is 11.8 Å². The van der Waals surface area contributed by atoms with Gasteiger partial charge in [0, 0.05) is 31.7 Å². The van der Waals surface area contributed by atoms with Gasteiger partial charge in [0.05, 0.1) is 24.0 Å². The van der Waals surface area contributed by atoms with Crippen LogP contribution in [0.1, 0.15) is 32.8 Å². The summed E-state index contributed by atoms with van der Waals surface area (Å²) >= 11 is 1.59. The summed E-state index contributed by atoms with van der Waals surface area (Å²) in [5.41, 5.74) is 2.72. The van der Waals surface area contributed by atoms with E-state index in [2.05, 4.69) is 41.5 Å². The molecule has 4 rings (SSSR count). The smallest absolute Gasteiger partial charge is 0.227 e. The minimum absolute atomic E-state index is 0.0221. The van der Waals surface area contributed by atoms with Gasteiger partial charge in [0.15, 0.2) is 10.8 Å². The molecule has 2 amide bonds. The number of hydrogen-bond donors (Lipinski definition) is 2. The highest BCUT2D eigenvalue weighted by Gasteiger charge is 2.34. The molecule has 0 spiro atoms. The van der Waals surface area contributed by atoms with Crippen LogP contribution < -0.4 is 15.5 Å². The van der Waals surface area contributed by atoms with E-state index in [1.165, 1.54) is 0 Å². The van der Waals surface area contributed by atoms with Gasteiger partial charge >= 0.3 is 0 Å². The number of aryl methyl sites for hydroxylation is 1. The zero-order valence-electron chi connectivity index (χ0n) is 20.7. The molecule has 0 aliphatic carbocycles. The van der Waals surface area contributed by atoms with Gasteiger partial charge in [-0.3, -0.25) is 9.59 Å². The molecule has 1 aromatic carbocycles. The molecule has 1 fully saturated rings. The zero-order chi connectivity index (χ0) is 24.9. The van der Waals surface area contributed by atoms with Crippen LogP contribution in [0.2, 0.25) is 0 Å². The Morgan fingerprint density at radius 3 is 2.71 bits per heavy atom. The van der Waals surface area contributed by atoms with E-state index in [1.807, 2.05) is 31.2 Å². The molecule has 186 valence electrons. The van der Waals surface area contributed by atoms with Gasteiger partial charge in [-0.15, -0.1) is 0 Å². The highest BCUT2D eigenvalue weighted by molar-refractivity contribution is 7.99. The summed E-state index contributed by atoms with van der Waals surface area (Å²) in [6.07, 6.45) is 2.00. The predicted molar refractivity (Wildman–Crippen MR) is 140 cm³/mol. The number of rotatable bonds is 10. The van der Waals surface area contributed by atoms with Gasteiger partial charge in [-0.25, -0.2) is 14.6 Å². The Morgan fingerprint density at radius 2 is 2.00 bits per heavy atom. The molecule has 10 heteroatoms. The van der Waals surface area contributed by atoms with E-state index in [1.54, 1.807) is 27.5 Å². The van der Waals surface area contributed by atoms with Gasteiger partial charge in [0.1, 0.15) is 5.82 Å². The summed E-state index contributed by atoms with van der Waals surface area (Å²) in [6.45, 7) is 10.5. The molecule has 0 bridgehead atoms. The van der Waals surface area contributed by atoms with E-state index in [0.29, 0.717) is 30.7 Å². The SMILES string of the molecule is CCSc1nc(NCC(C)C)c2cnn(CCNC(=O)C3CC(=O)N(c4ccc(C)cc4)C3)c2n1. The van der Waals surface area contributed by atoms with Crippen LogP contribution in [0.4, 0.5) is 11.5 Å². The van der Waals surface area contributed by atoms with Gasteiger partial charge in [0.25, 0.3) is 0 Å². The van der Waals surface area contributed by atoms with Gasteiger partial charge in [-0.1, -0.05) is 50.2 Å². The Hall–Kier alpha value is -3.14. The van der Waals surface area contributed by atoms with Crippen LogP contribution >= 0.6 is 11.8 Å². The second-order valence-corrected chi connectivity index (χ2v) is 10.4. The number of aromatic nitrogens is 4. The summed E-state index contributed by atoms with van der Waals surface area (Å²) < 4.78 is 1.80. The third-order valence-corrected chi connectivity index (χ3v) is 6.62. The summed E-state index contributed by atoms with van der Waals surface area (Å²) in [5, 5.41) is 12.5. The maximum Gasteiger partial charge on any atom is 0.227 e. The largest absolute Gasteiger partial charge is 0.369 e. The van der Waals surface area contributed by atoms with Crippen LogP contribution in [-0.2, 0) is 16.1 Å². The lowest BCUT2D eigenvalue weighted by Crippen LogP contribution is -2.35. The van der Waals surface area contributed by atoms with E-state index >= 15 is 0 Å². The van der Waals surface area contributed by atoms with Crippen LogP contribution in [0, 0.1) is 18.8 Å². The molecule has 1 saturated heterocycles. The van der Waals surface area contributed by atoms with Gasteiger partial charge in [-0.2, -0.15) is 5.10 Å². The van der Waals surface area contributed by atoms with Crippen LogP contribution in [-0.4, -0.2) is 56.9 Å². The van der Waals surface area contributed by atoms with Crippen molar-refractivity contribution in [1.29, 1.82) is 0 Å². The Kier molecular flexibility index (Phi) is 7.90. The van der Waals surface area contributed by atoms with Crippen molar-refractivity contribution in [3.05, 3.63) is 36.0 Å². The van der Waals surface area contributed by atoms with Crippen LogP contribution in [0.3, 0.4) is 0 Å². The van der Waals surface area contributed by atoms with Gasteiger partial charge in [-0.05, 0) is 30.7 Å². The molecule has 35 heavy (non-hydrogen) atoms. The van der Waals surface area contributed by atoms with E-state index < -0.39 is 0 Å². The lowest BCUT2D eigenvalue weighted by molar-refractivity contribution is -0.126. The highest BCUT2D eigenvalue weighted by atomic mass is 32.2. The first kappa shape index (κ1) is 25.0. The Labute approximate surface area is 210 Å². The third-order valence-electron chi connectivity index (χ3n) is 5.89. The molecule has 0 saturated carbocycles. The number of anilines is 2. The second kappa shape index (κ2) is 11.1. The first-order valence-corrected chi connectivity index (χ1v) is 13.1. The first-order valence-electron chi connectivity index (χ1n) is 12.1. The fourth-order valence-corrected chi connectivity index (χ4v) is 4.58. The van der Waals surface area contributed by atoms with Gasteiger partial charge in [0.2, 0.25) is 11.8 Å². The fraction of sp³-hybridized carbons (Fsp3) is 0.480. The summed E-state index contributed by atoms with van der Waals surface area (Å²) in [4.78, 5) is 36.4. The Bertz CT molecular complexity index is 1190. The Morgan fingerprint density at radius 1 is 1.23 bits per heavy atom. The molecule has 1 unspecified atom stereocenters. The number of amides is 2. The van der Waals surface area contributed by atoms with Crippen molar-refractivity contribution in [1.82, 2.24) is 25.1 Å². The number of carbonyl (C=O) groups is 2. The number of nitrogens with one attached hydrogen (secondary N) is 2. The topological polar surface area (TPSA) is 105 Å². The van der Waals surface area contributed by atoms with Crippen molar-refractivity contribution in [2.75, 3.05) is 35.6 Å². The van der Waals surface area contributed by atoms with Crippen LogP contribution in [0.15, 0.2) is 35.6 Å². The number of carbonyl (C=O) groups excluding carboxylic acids is 2. The average molecular weight is 496 g/mol. The molecular formula is C25H33N7O2S. The van der Waals surface area contributed by atoms with E-state index in [4.69, 9.17) is 4.98 Å². The maximum atomic E-state index is 12.8. The monoisotopic (exact) mass is 495 g/mol. The molecule has 3 aromatic rings. The van der Waals surface area contributed by atoms with Crippen molar-refractivity contribution >= 4 is 46.1 Å². The highest BCUT2D eigenvalue weighted by Crippen LogP contribution is 2.26. The number of hydrogen-bond acceptors (Lipinski definition) is 7. The molecular weight excluding hydrogens is 462 g/mol. The van der Waals surface area contributed by atoms with Crippen LogP contribution in [0.25, 0.3) is 11.0 Å². The van der Waals surface area contributed by atoms with Crippen molar-refractivity contribution in [3.8, 4) is 0 Å². The van der Waals surface area contributed by atoms with E-state index in [9.17, 15) is 9.59 Å². The van der Waals surface area contributed by atoms with Gasteiger partial charge < -0.3 is 15.5 Å². The van der Waals surface area contributed by atoms with Crippen molar-refractivity contribution < 1.29 is 9.59 Å². The summed E-state index contributed by atoms with van der Waals surface area (Å²) in [5.74, 6) is 1.65. The molecule has 2 aromatic heterocycles. The minimum Gasteiger partial charge on any atom is -0.369 e. The first-order chi connectivity index (χ1) is 16.9. The molecule has 3 heterocycles. The lowest BCUT2D eigenvalue weighted by atomic mass is 10.1. The normalized spacial score (nSPS) is 15.9. The quantitative estimate of drug-likeness (QED) is 0.328. The number of fused-ring (bicyclic) bond motifs is 1. The standard InChI is InChI=1S/C25H33N7O2S/c1-5-35-25-29-22(27-13-16(2)3)20-14-28-32(23(20)30-25)11-10-26-24(34)18-12-21(33)31(15-18)19-8-6-17(4)7-9-19/h6-9,14,16,18H,5,10-13,15H2,1-4H3,(H,26,34)(H,27,29,30). The Balaban J connectivity index is 1.39. The second-order valence-electron chi connectivity index (χ2n) is 9.20. The molecule has 1 aliphatic rings. The van der Waals surface area contributed by atoms with Crippen molar-refractivity contribution in [3.63, 3.8) is 0 Å². The fourth-order valence-electron chi connectivity index (χ4n) is 4.01. The summed E-state index contributed by atoms with van der Waals surface area (Å²) in [7, 11) is 0. The predicted octanol–water partition coefficient (Wildman–Crippen LogP) is 3.48. The average Bonchev–Trinajstić information content (AvgIpc) is 3.42. The lowest BCUT2D eigenvalue weighted by Gasteiger charge is -2.17. The molecule has 0 radical (unpaired) electrons. The zero-order valence-corrected chi connectivity index (χ0v) is 21.6. The van der Waals surface area contributed by atoms with E-state index in [0.717, 1.165) is 40.4 Å². The molecule has 1 aliphatic heterocycles. The number of benzene rings is 1. The van der Waals surface area contributed by atoms with Crippen molar-refractivity contribution in [2.45, 2.75) is 45.8 Å². The summed E-state index contributed by atoms with van der Waals surface area (Å²) in [6, 6.07) is 7.80. The minimum atomic E-state index is -0.361. The number of thioether (sulfide) groups is 1. The maximum absolute atomic E-state index is 12.8. The molecule has 2 N–H and O–H groups in total. The van der Waals surface area contributed by atoms with E-state index in [-0.39, 0.29) is 24.2 Å². The molecule has 1 atom stereocenters. The third kappa shape index (κ3) is 5.93. The molecule has 9 nitrogen and oxygen atoms in total. The van der Waals surface area contributed by atoms with Crippen LogP contribution in [0.5, 0.6) is 0 Å².